The van der Waals surface area contributed by atoms with Crippen molar-refractivity contribution in [2.45, 2.75) is 18.4 Å². The first-order valence-corrected chi connectivity index (χ1v) is 6.90. The molecule has 1 aromatic rings. The minimum absolute atomic E-state index is 0.277. The maximum absolute atomic E-state index is 13.2. The molecule has 2 rings (SSSR count). The molecule has 20 heavy (non-hydrogen) atoms. The fourth-order valence-electron chi connectivity index (χ4n) is 2.35. The number of hydrogen-bond acceptors (Lipinski definition) is 3. The van der Waals surface area contributed by atoms with Crippen molar-refractivity contribution >= 4 is 23.1 Å². The maximum Gasteiger partial charge on any atom is 0.252 e. The lowest BCUT2D eigenvalue weighted by Gasteiger charge is -2.40. The van der Waals surface area contributed by atoms with Crippen molar-refractivity contribution in [2.24, 2.45) is 5.73 Å². The van der Waals surface area contributed by atoms with Crippen LogP contribution in [0.25, 0.3) is 0 Å². The van der Waals surface area contributed by atoms with Crippen LogP contribution in [-0.4, -0.2) is 41.5 Å². The summed E-state index contributed by atoms with van der Waals surface area (Å²) in [4.78, 5) is 14.7. The lowest BCUT2D eigenvalue weighted by Crippen LogP contribution is -2.61. The fourth-order valence-corrected chi connectivity index (χ4v) is 2.61. The maximum atomic E-state index is 13.2. The number of nitrogens with one attached hydrogen (secondary N) is 1. The molecule has 0 saturated carbocycles. The van der Waals surface area contributed by atoms with E-state index in [0.717, 1.165) is 13.1 Å². The van der Waals surface area contributed by atoms with Crippen molar-refractivity contribution in [1.29, 1.82) is 0 Å². The summed E-state index contributed by atoms with van der Waals surface area (Å²) in [5, 5.41) is 2.90. The molecule has 1 aliphatic heterocycles. The Morgan fingerprint density at radius 1 is 1.45 bits per heavy atom. The molecule has 0 bridgehead atoms. The number of halogens is 1. The normalized spacial score (nSPS) is 18.5. The molecule has 6 heteroatoms. The van der Waals surface area contributed by atoms with Gasteiger partial charge in [-0.1, -0.05) is 18.3 Å². The van der Waals surface area contributed by atoms with Crippen LogP contribution in [-0.2, 0) is 0 Å². The molecule has 0 aliphatic carbocycles. The second kappa shape index (κ2) is 5.85. The first-order chi connectivity index (χ1) is 9.43. The highest BCUT2D eigenvalue weighted by molar-refractivity contribution is 7.80. The molecule has 1 amide bonds. The van der Waals surface area contributed by atoms with Gasteiger partial charge < -0.3 is 16.0 Å². The molecule has 0 radical (unpaired) electrons. The summed E-state index contributed by atoms with van der Waals surface area (Å²) in [7, 11) is 2.01. The van der Waals surface area contributed by atoms with E-state index < -0.39 is 11.4 Å². The van der Waals surface area contributed by atoms with Gasteiger partial charge in [0.15, 0.2) is 0 Å². The zero-order chi connectivity index (χ0) is 14.8. The molecule has 0 atom stereocenters. The number of nitrogens with zero attached hydrogens (tertiary/aromatic N) is 1. The number of thiocarbonyl (C=S) groups is 1. The molecule has 1 aromatic carbocycles. The van der Waals surface area contributed by atoms with Crippen molar-refractivity contribution in [3.8, 4) is 0 Å². The van der Waals surface area contributed by atoms with E-state index in [-0.39, 0.29) is 16.5 Å². The van der Waals surface area contributed by atoms with E-state index in [9.17, 15) is 9.18 Å². The van der Waals surface area contributed by atoms with Gasteiger partial charge in [-0.25, -0.2) is 4.39 Å². The van der Waals surface area contributed by atoms with Gasteiger partial charge in [0.2, 0.25) is 0 Å². The fraction of sp³-hybridized carbons (Fsp3) is 0.429. The van der Waals surface area contributed by atoms with Crippen LogP contribution < -0.4 is 11.1 Å². The SMILES string of the molecule is CN1CCC(NC(=O)c2cccc(F)c2)(C(N)=S)CC1. The van der Waals surface area contributed by atoms with Gasteiger partial charge in [-0.2, -0.15) is 0 Å². The Labute approximate surface area is 123 Å². The van der Waals surface area contributed by atoms with E-state index in [1.807, 2.05) is 7.05 Å². The second-order valence-corrected chi connectivity index (χ2v) is 5.65. The number of benzene rings is 1. The Balaban J connectivity index is 2.17. The lowest BCUT2D eigenvalue weighted by atomic mass is 9.87. The molecule has 0 aromatic heterocycles. The van der Waals surface area contributed by atoms with Crippen LogP contribution in [0.2, 0.25) is 0 Å². The number of rotatable bonds is 3. The Kier molecular flexibility index (Phi) is 4.35. The summed E-state index contributed by atoms with van der Waals surface area (Å²) in [5.74, 6) is -0.785. The zero-order valence-corrected chi connectivity index (χ0v) is 12.2. The Morgan fingerprint density at radius 2 is 2.10 bits per heavy atom. The molecular formula is C14H18FN3OS. The van der Waals surface area contributed by atoms with Crippen LogP contribution in [0.5, 0.6) is 0 Å². The molecule has 1 aliphatic rings. The van der Waals surface area contributed by atoms with Crippen LogP contribution in [0.15, 0.2) is 24.3 Å². The highest BCUT2D eigenvalue weighted by atomic mass is 32.1. The zero-order valence-electron chi connectivity index (χ0n) is 11.4. The summed E-state index contributed by atoms with van der Waals surface area (Å²) < 4.78 is 13.2. The molecule has 4 nitrogen and oxygen atoms in total. The number of nitrogens with two attached hydrogens (primary N) is 1. The number of hydrogen-bond donors (Lipinski definition) is 2. The van der Waals surface area contributed by atoms with Gasteiger partial charge in [0.05, 0.1) is 10.5 Å². The van der Waals surface area contributed by atoms with Crippen LogP contribution in [0, 0.1) is 5.82 Å². The Bertz CT molecular complexity index is 527. The van der Waals surface area contributed by atoms with E-state index in [0.29, 0.717) is 12.8 Å². The molecule has 1 fully saturated rings. The van der Waals surface area contributed by atoms with E-state index >= 15 is 0 Å². The average molecular weight is 295 g/mol. The van der Waals surface area contributed by atoms with Gasteiger partial charge in [0, 0.05) is 18.7 Å². The third kappa shape index (κ3) is 3.13. The highest BCUT2D eigenvalue weighted by Crippen LogP contribution is 2.23. The number of piperidine rings is 1. The summed E-state index contributed by atoms with van der Waals surface area (Å²) in [6.07, 6.45) is 1.33. The van der Waals surface area contributed by atoms with Crippen molar-refractivity contribution in [2.75, 3.05) is 20.1 Å². The molecule has 3 N–H and O–H groups in total. The van der Waals surface area contributed by atoms with Crippen LogP contribution in [0.4, 0.5) is 4.39 Å². The molecule has 108 valence electrons. The van der Waals surface area contributed by atoms with Crippen molar-refractivity contribution in [3.63, 3.8) is 0 Å². The monoisotopic (exact) mass is 295 g/mol. The molecule has 0 unspecified atom stereocenters. The van der Waals surface area contributed by atoms with Crippen LogP contribution >= 0.6 is 12.2 Å². The van der Waals surface area contributed by atoms with E-state index in [2.05, 4.69) is 10.2 Å². The lowest BCUT2D eigenvalue weighted by molar-refractivity contribution is 0.0890. The van der Waals surface area contributed by atoms with E-state index in [1.165, 1.54) is 18.2 Å². The van der Waals surface area contributed by atoms with Gasteiger partial charge in [0.25, 0.3) is 5.91 Å². The third-order valence-electron chi connectivity index (χ3n) is 3.75. The predicted molar refractivity (Wildman–Crippen MR) is 80.1 cm³/mol. The Morgan fingerprint density at radius 3 is 2.65 bits per heavy atom. The summed E-state index contributed by atoms with van der Waals surface area (Å²) >= 11 is 5.13. The number of carbonyl (C=O) groups excluding carboxylic acids is 1. The largest absolute Gasteiger partial charge is 0.391 e. The topological polar surface area (TPSA) is 58.4 Å². The third-order valence-corrected chi connectivity index (χ3v) is 4.14. The minimum Gasteiger partial charge on any atom is -0.391 e. The van der Waals surface area contributed by atoms with Gasteiger partial charge in [-0.05, 0) is 38.1 Å². The van der Waals surface area contributed by atoms with Crippen molar-refractivity contribution in [1.82, 2.24) is 10.2 Å². The van der Waals surface area contributed by atoms with Gasteiger partial charge in [0.1, 0.15) is 5.82 Å². The van der Waals surface area contributed by atoms with E-state index in [4.69, 9.17) is 18.0 Å². The quantitative estimate of drug-likeness (QED) is 0.826. The standard InChI is InChI=1S/C14H18FN3OS/c1-18-7-5-14(6-8-18,13(16)20)17-12(19)10-3-2-4-11(15)9-10/h2-4,9H,5-8H2,1H3,(H2,16,20)(H,17,19). The molecular weight excluding hydrogens is 277 g/mol. The minimum atomic E-state index is -0.675. The van der Waals surface area contributed by atoms with Crippen molar-refractivity contribution in [3.05, 3.63) is 35.6 Å². The van der Waals surface area contributed by atoms with Crippen molar-refractivity contribution < 1.29 is 9.18 Å². The highest BCUT2D eigenvalue weighted by Gasteiger charge is 2.38. The molecule has 1 heterocycles. The number of likely N-dealkylation sites (tertiary alicyclic amines) is 1. The summed E-state index contributed by atoms with van der Waals surface area (Å²) in [6.45, 7) is 1.61. The smallest absolute Gasteiger partial charge is 0.252 e. The first kappa shape index (κ1) is 14.9. The van der Waals surface area contributed by atoms with Crippen LogP contribution in [0.3, 0.4) is 0 Å². The average Bonchev–Trinajstić information content (AvgIpc) is 2.41. The molecule has 0 spiro atoms. The van der Waals surface area contributed by atoms with Gasteiger partial charge >= 0.3 is 0 Å². The number of amides is 1. The summed E-state index contributed by atoms with van der Waals surface area (Å²) in [6, 6.07) is 5.58. The first-order valence-electron chi connectivity index (χ1n) is 6.49. The molecule has 1 saturated heterocycles. The second-order valence-electron chi connectivity index (χ2n) is 5.21. The van der Waals surface area contributed by atoms with E-state index in [1.54, 1.807) is 6.07 Å². The number of carbonyl (C=O) groups is 1. The Hall–Kier alpha value is -1.53. The predicted octanol–water partition coefficient (Wildman–Crippen LogP) is 1.31. The van der Waals surface area contributed by atoms with Gasteiger partial charge in [-0.3, -0.25) is 4.79 Å². The van der Waals surface area contributed by atoms with Crippen LogP contribution in [0.1, 0.15) is 23.2 Å². The van der Waals surface area contributed by atoms with Gasteiger partial charge in [-0.15, -0.1) is 0 Å². The summed E-state index contributed by atoms with van der Waals surface area (Å²) in [5.41, 5.74) is 5.43.